The molecule has 7 heteroatoms. The SMILES string of the molecule is OB(O)B(O)O.c1ccsc1. The Morgan fingerprint density at radius 3 is 1.27 bits per heavy atom. The molecule has 0 aliphatic carbocycles. The molecular formula is C4H8B2O4S. The van der Waals surface area contributed by atoms with Crippen molar-refractivity contribution in [1.82, 2.24) is 0 Å². The number of thiophene rings is 1. The van der Waals surface area contributed by atoms with Gasteiger partial charge in [-0.1, -0.05) is 12.1 Å². The first-order valence-electron chi connectivity index (χ1n) is 2.84. The third-order valence-electron chi connectivity index (χ3n) is 0.692. The van der Waals surface area contributed by atoms with Gasteiger partial charge in [0.05, 0.1) is 0 Å². The molecule has 11 heavy (non-hydrogen) atoms. The quantitative estimate of drug-likeness (QED) is 0.401. The van der Waals surface area contributed by atoms with E-state index in [1.54, 1.807) is 11.3 Å². The highest BCUT2D eigenvalue weighted by atomic mass is 32.1. The fourth-order valence-corrected chi connectivity index (χ4v) is 0.680. The van der Waals surface area contributed by atoms with E-state index in [2.05, 4.69) is 0 Å². The van der Waals surface area contributed by atoms with Crippen molar-refractivity contribution < 1.29 is 20.1 Å². The smallest absolute Gasteiger partial charge is 0.429 e. The van der Waals surface area contributed by atoms with Crippen molar-refractivity contribution in [3.8, 4) is 0 Å². The highest BCUT2D eigenvalue weighted by Gasteiger charge is 2.23. The van der Waals surface area contributed by atoms with Gasteiger partial charge >= 0.3 is 14.0 Å². The van der Waals surface area contributed by atoms with E-state index in [9.17, 15) is 0 Å². The van der Waals surface area contributed by atoms with Crippen molar-refractivity contribution >= 4 is 25.4 Å². The largest absolute Gasteiger partial charge is 0.482 e. The summed E-state index contributed by atoms with van der Waals surface area (Å²) in [5.74, 6) is 0. The molecular weight excluding hydrogens is 166 g/mol. The lowest BCUT2D eigenvalue weighted by molar-refractivity contribution is 0.368. The fourth-order valence-electron chi connectivity index (χ4n) is 0.227. The molecule has 60 valence electrons. The summed E-state index contributed by atoms with van der Waals surface area (Å²) < 4.78 is 0. The average Bonchev–Trinajstić information content (AvgIpc) is 2.41. The van der Waals surface area contributed by atoms with Crippen molar-refractivity contribution in [2.75, 3.05) is 0 Å². The van der Waals surface area contributed by atoms with E-state index < -0.39 is 14.0 Å². The van der Waals surface area contributed by atoms with Crippen molar-refractivity contribution in [3.05, 3.63) is 22.9 Å². The Kier molecular flexibility index (Phi) is 6.19. The second-order valence-electron chi connectivity index (χ2n) is 1.62. The van der Waals surface area contributed by atoms with Crippen LogP contribution >= 0.6 is 11.3 Å². The number of hydrogen-bond donors (Lipinski definition) is 4. The molecule has 0 bridgehead atoms. The van der Waals surface area contributed by atoms with Crippen molar-refractivity contribution in [2.45, 2.75) is 0 Å². The molecule has 1 heterocycles. The first-order chi connectivity index (χ1) is 5.14. The molecule has 4 nitrogen and oxygen atoms in total. The molecule has 0 saturated heterocycles. The highest BCUT2D eigenvalue weighted by Crippen LogP contribution is 1.91. The van der Waals surface area contributed by atoms with Crippen LogP contribution in [0.25, 0.3) is 0 Å². The van der Waals surface area contributed by atoms with Gasteiger partial charge in [-0.25, -0.2) is 0 Å². The molecule has 0 aliphatic rings. The first kappa shape index (κ1) is 10.7. The second-order valence-corrected chi connectivity index (χ2v) is 2.44. The molecule has 0 fully saturated rings. The van der Waals surface area contributed by atoms with Crippen LogP contribution in [0.4, 0.5) is 0 Å². The zero-order chi connectivity index (χ0) is 8.69. The monoisotopic (exact) mass is 174 g/mol. The Labute approximate surface area is 69.0 Å². The van der Waals surface area contributed by atoms with E-state index in [4.69, 9.17) is 20.1 Å². The van der Waals surface area contributed by atoms with E-state index in [-0.39, 0.29) is 0 Å². The molecule has 0 spiro atoms. The zero-order valence-electron chi connectivity index (χ0n) is 5.66. The molecule has 0 aliphatic heterocycles. The van der Waals surface area contributed by atoms with Gasteiger partial charge in [-0.05, 0) is 10.8 Å². The van der Waals surface area contributed by atoms with Gasteiger partial charge in [0.1, 0.15) is 0 Å². The fraction of sp³-hybridized carbons (Fsp3) is 0. The first-order valence-corrected chi connectivity index (χ1v) is 3.78. The van der Waals surface area contributed by atoms with Crippen LogP contribution in [0, 0.1) is 0 Å². The summed E-state index contributed by atoms with van der Waals surface area (Å²) in [5.41, 5.74) is 0. The zero-order valence-corrected chi connectivity index (χ0v) is 6.48. The maximum Gasteiger partial charge on any atom is 0.482 e. The molecule has 4 N–H and O–H groups in total. The van der Waals surface area contributed by atoms with Crippen molar-refractivity contribution in [2.24, 2.45) is 0 Å². The van der Waals surface area contributed by atoms with Crippen LogP contribution in [0.5, 0.6) is 0 Å². The molecule has 1 aromatic rings. The van der Waals surface area contributed by atoms with Crippen LogP contribution in [-0.4, -0.2) is 34.1 Å². The predicted molar refractivity (Wildman–Crippen MR) is 44.7 cm³/mol. The minimum Gasteiger partial charge on any atom is -0.429 e. The molecule has 0 amide bonds. The molecule has 0 atom stereocenters. The van der Waals surface area contributed by atoms with Gasteiger partial charge < -0.3 is 20.1 Å². The maximum atomic E-state index is 7.69. The minimum atomic E-state index is -2.04. The standard InChI is InChI=1S/C4H4S.B2H4O4/c1-2-4-5-3-1;3-1(4)2(5)6/h1-4H;3-6H. The highest BCUT2D eigenvalue weighted by molar-refractivity contribution is 7.08. The van der Waals surface area contributed by atoms with Crippen LogP contribution in [0.3, 0.4) is 0 Å². The van der Waals surface area contributed by atoms with Gasteiger partial charge in [-0.2, -0.15) is 11.3 Å². The Bertz CT molecular complexity index is 132. The van der Waals surface area contributed by atoms with Crippen LogP contribution in [0.15, 0.2) is 22.9 Å². The van der Waals surface area contributed by atoms with E-state index >= 15 is 0 Å². The Morgan fingerprint density at radius 1 is 0.818 bits per heavy atom. The van der Waals surface area contributed by atoms with Crippen molar-refractivity contribution in [1.29, 1.82) is 0 Å². The topological polar surface area (TPSA) is 80.9 Å². The summed E-state index contributed by atoms with van der Waals surface area (Å²) in [6.07, 6.45) is 0. The molecule has 1 rings (SSSR count). The van der Waals surface area contributed by atoms with Gasteiger partial charge in [-0.15, -0.1) is 0 Å². The minimum absolute atomic E-state index is 1.71. The Balaban J connectivity index is 0.000000183. The second kappa shape index (κ2) is 6.38. The molecule has 0 unspecified atom stereocenters. The van der Waals surface area contributed by atoms with E-state index in [1.807, 2.05) is 22.9 Å². The van der Waals surface area contributed by atoms with Crippen molar-refractivity contribution in [3.63, 3.8) is 0 Å². The van der Waals surface area contributed by atoms with Gasteiger partial charge in [0.15, 0.2) is 0 Å². The number of hydrogen-bond acceptors (Lipinski definition) is 5. The van der Waals surface area contributed by atoms with Gasteiger partial charge in [0.25, 0.3) is 0 Å². The third kappa shape index (κ3) is 7.57. The summed E-state index contributed by atoms with van der Waals surface area (Å²) in [7, 11) is -4.07. The van der Waals surface area contributed by atoms with Crippen LogP contribution < -0.4 is 0 Å². The van der Waals surface area contributed by atoms with E-state index in [0.717, 1.165) is 0 Å². The lowest BCUT2D eigenvalue weighted by Crippen LogP contribution is -2.35. The van der Waals surface area contributed by atoms with Gasteiger partial charge in [0.2, 0.25) is 0 Å². The summed E-state index contributed by atoms with van der Waals surface area (Å²) >= 11 is 1.71. The lowest BCUT2D eigenvalue weighted by atomic mass is 9.50. The Hall–Kier alpha value is -0.330. The third-order valence-corrected chi connectivity index (χ3v) is 1.32. The van der Waals surface area contributed by atoms with Gasteiger partial charge in [0, 0.05) is 0 Å². The summed E-state index contributed by atoms with van der Waals surface area (Å²) in [6, 6.07) is 4.04. The average molecular weight is 174 g/mol. The van der Waals surface area contributed by atoms with Gasteiger partial charge in [-0.3, -0.25) is 0 Å². The predicted octanol–water partition coefficient (Wildman–Crippen LogP) is -1.24. The molecule has 0 aromatic carbocycles. The van der Waals surface area contributed by atoms with E-state index in [0.29, 0.717) is 0 Å². The molecule has 0 saturated carbocycles. The summed E-state index contributed by atoms with van der Waals surface area (Å²) in [5, 5.41) is 34.8. The molecule has 0 radical (unpaired) electrons. The number of rotatable bonds is 1. The van der Waals surface area contributed by atoms with Crippen LogP contribution in [0.1, 0.15) is 0 Å². The van der Waals surface area contributed by atoms with E-state index in [1.165, 1.54) is 0 Å². The summed E-state index contributed by atoms with van der Waals surface area (Å²) in [4.78, 5) is 0. The van der Waals surface area contributed by atoms with Crippen LogP contribution in [0.2, 0.25) is 0 Å². The normalized spacial score (nSPS) is 8.00. The molecule has 1 aromatic heterocycles. The maximum absolute atomic E-state index is 7.69. The summed E-state index contributed by atoms with van der Waals surface area (Å²) in [6.45, 7) is 0. The van der Waals surface area contributed by atoms with Crippen LogP contribution in [-0.2, 0) is 0 Å². The Morgan fingerprint density at radius 2 is 1.18 bits per heavy atom. The lowest BCUT2D eigenvalue weighted by Gasteiger charge is -1.89.